The fraction of sp³-hybridized carbons (Fsp3) is 0.0147. The second-order valence-electron chi connectivity index (χ2n) is 20.5. The number of benzene rings is 9. The molecule has 19 nitrogen and oxygen atoms in total. The summed E-state index contributed by atoms with van der Waals surface area (Å²) >= 11 is 0. The Kier molecular flexibility index (Phi) is 13.6. The van der Waals surface area contributed by atoms with Gasteiger partial charge in [0.2, 0.25) is 41.2 Å². The minimum atomic E-state index is -3.55. The van der Waals surface area contributed by atoms with Crippen molar-refractivity contribution in [2.45, 2.75) is 10.6 Å². The van der Waals surface area contributed by atoms with Crippen LogP contribution in [-0.2, 0) is 15.6 Å². The summed E-state index contributed by atoms with van der Waals surface area (Å²) in [5.74, 6) is 0.941. The summed E-state index contributed by atoms with van der Waals surface area (Å²) < 4.78 is 56.3. The van der Waals surface area contributed by atoms with Crippen LogP contribution in [0, 0.1) is 17.1 Å². The number of halogens is 1. The van der Waals surface area contributed by atoms with Crippen molar-refractivity contribution in [3.05, 3.63) is 223 Å². The smallest absolute Gasteiger partial charge is 0.233 e. The highest BCUT2D eigenvalue weighted by Crippen LogP contribution is 2.42. The highest BCUT2D eigenvalue weighted by Gasteiger charge is 2.24. The van der Waals surface area contributed by atoms with Gasteiger partial charge in [0.05, 0.1) is 38.9 Å². The molecule has 89 heavy (non-hydrogen) atoms. The van der Waals surface area contributed by atoms with Crippen molar-refractivity contribution in [2.24, 2.45) is 0 Å². The van der Waals surface area contributed by atoms with Crippen LogP contribution in [0.1, 0.15) is 11.1 Å². The zero-order valence-electron chi connectivity index (χ0n) is 46.2. The van der Waals surface area contributed by atoms with Crippen LogP contribution >= 0.6 is 0 Å². The van der Waals surface area contributed by atoms with Gasteiger partial charge in [-0.2, -0.15) is 5.26 Å². The number of oxazole rings is 3. The van der Waals surface area contributed by atoms with E-state index in [4.69, 9.17) is 18.5 Å². The zero-order chi connectivity index (χ0) is 60.9. The fourth-order valence-corrected chi connectivity index (χ4v) is 12.0. The number of nitriles is 1. The SMILES string of the molecule is N#Cc1ccc2[nH]c(O)c(-c3nc4ccccc4o3)c2c1.O=S(=O)(Cc1ccccc1)c1ccc2[nH]c(O)c(-c3nc4ccccc4[nH]3)c2c1.Oc1[nH]c2ccc(F)cc2c1-c1nc2ccccc2o1.Oc1[nH]c2ccccc2c1-c1nc2ccccc2o1. The Morgan fingerprint density at radius 3 is 1.38 bits per heavy atom. The van der Waals surface area contributed by atoms with E-state index in [0.29, 0.717) is 94.9 Å². The van der Waals surface area contributed by atoms with E-state index in [9.17, 15) is 33.2 Å². The van der Waals surface area contributed by atoms with Crippen LogP contribution in [0.25, 0.3) is 134 Å². The Labute approximate surface area is 501 Å². The third kappa shape index (κ3) is 10.4. The minimum Gasteiger partial charge on any atom is -0.494 e. The molecule has 0 radical (unpaired) electrons. The molecule has 0 saturated heterocycles. The summed E-state index contributed by atoms with van der Waals surface area (Å²) in [7, 11) is -3.55. The molecule has 0 amide bonds. The molecule has 21 heteroatoms. The topological polar surface area (TPSA) is 309 Å². The van der Waals surface area contributed by atoms with Gasteiger partial charge in [-0.15, -0.1) is 0 Å². The number of nitrogens with one attached hydrogen (secondary N) is 5. The maximum absolute atomic E-state index is 13.4. The first-order valence-corrected chi connectivity index (χ1v) is 29.2. The van der Waals surface area contributed by atoms with E-state index in [1.165, 1.54) is 12.1 Å². The molecule has 8 heterocycles. The molecule has 0 aliphatic carbocycles. The maximum Gasteiger partial charge on any atom is 0.233 e. The number of rotatable bonds is 7. The van der Waals surface area contributed by atoms with Gasteiger partial charge < -0.3 is 58.6 Å². The van der Waals surface area contributed by atoms with Gasteiger partial charge in [0.1, 0.15) is 44.9 Å². The largest absolute Gasteiger partial charge is 0.494 e. The maximum atomic E-state index is 13.4. The Morgan fingerprint density at radius 1 is 0.416 bits per heavy atom. The van der Waals surface area contributed by atoms with E-state index >= 15 is 0 Å². The van der Waals surface area contributed by atoms with Crippen molar-refractivity contribution in [1.29, 1.82) is 5.26 Å². The van der Waals surface area contributed by atoms with Gasteiger partial charge in [-0.3, -0.25) is 0 Å². The van der Waals surface area contributed by atoms with Crippen molar-refractivity contribution in [3.8, 4) is 75.3 Å². The lowest BCUT2D eigenvalue weighted by atomic mass is 10.1. The highest BCUT2D eigenvalue weighted by atomic mass is 32.2. The molecule has 0 fully saturated rings. The van der Waals surface area contributed by atoms with Crippen LogP contribution in [-0.4, -0.2) is 73.7 Å². The summed E-state index contributed by atoms with van der Waals surface area (Å²) in [5.41, 5.74) is 11.8. The Balaban J connectivity index is 0.000000105. The number of nitrogens with zero attached hydrogens (tertiary/aromatic N) is 5. The molecule has 0 aliphatic rings. The normalized spacial score (nSPS) is 11.5. The molecule has 9 N–H and O–H groups in total. The van der Waals surface area contributed by atoms with Crippen LogP contribution in [0.3, 0.4) is 0 Å². The van der Waals surface area contributed by atoms with E-state index in [1.807, 2.05) is 133 Å². The second kappa shape index (κ2) is 22.2. The molecule has 0 unspecified atom stereocenters. The fourth-order valence-electron chi connectivity index (χ4n) is 10.7. The van der Waals surface area contributed by atoms with Crippen molar-refractivity contribution < 1.29 is 46.5 Å². The lowest BCUT2D eigenvalue weighted by molar-refractivity contribution is 0.457. The summed E-state index contributed by atoms with van der Waals surface area (Å²) in [6.45, 7) is 0. The number of fused-ring (bicyclic) bond motifs is 8. The lowest BCUT2D eigenvalue weighted by Crippen LogP contribution is -2.04. The van der Waals surface area contributed by atoms with Gasteiger partial charge in [-0.1, -0.05) is 97.1 Å². The predicted octanol–water partition coefficient (Wildman–Crippen LogP) is 15.4. The highest BCUT2D eigenvalue weighted by molar-refractivity contribution is 7.90. The van der Waals surface area contributed by atoms with E-state index in [1.54, 1.807) is 60.7 Å². The number of aromatic hydroxyl groups is 4. The van der Waals surface area contributed by atoms with E-state index in [0.717, 1.165) is 44.0 Å². The Hall–Kier alpha value is -12.4. The van der Waals surface area contributed by atoms with Gasteiger partial charge in [0.15, 0.2) is 26.6 Å². The van der Waals surface area contributed by atoms with Crippen LogP contribution in [0.2, 0.25) is 0 Å². The van der Waals surface area contributed by atoms with E-state index < -0.39 is 9.84 Å². The first-order valence-electron chi connectivity index (χ1n) is 27.5. The summed E-state index contributed by atoms with van der Waals surface area (Å²) in [6.07, 6.45) is 0. The molecule has 0 aliphatic heterocycles. The number of aromatic nitrogens is 9. The molecule has 17 aromatic rings. The first-order chi connectivity index (χ1) is 43.3. The third-order valence-corrected chi connectivity index (χ3v) is 16.5. The predicted molar refractivity (Wildman–Crippen MR) is 336 cm³/mol. The molecule has 0 saturated carbocycles. The van der Waals surface area contributed by atoms with Crippen molar-refractivity contribution in [2.75, 3.05) is 0 Å². The van der Waals surface area contributed by atoms with Gasteiger partial charge in [-0.25, -0.2) is 32.7 Å². The van der Waals surface area contributed by atoms with Crippen molar-refractivity contribution >= 4 is 97.8 Å². The number of hydrogen-bond acceptors (Lipinski definition) is 14. The molecule has 0 atom stereocenters. The molecule has 434 valence electrons. The molecule has 0 bridgehead atoms. The lowest BCUT2D eigenvalue weighted by Gasteiger charge is -2.05. The summed E-state index contributed by atoms with van der Waals surface area (Å²) in [5, 5.41) is 52.4. The number of imidazole rings is 1. The van der Waals surface area contributed by atoms with Crippen molar-refractivity contribution in [3.63, 3.8) is 0 Å². The monoisotopic (exact) mass is 1200 g/mol. The second-order valence-corrected chi connectivity index (χ2v) is 22.5. The Morgan fingerprint density at radius 2 is 0.843 bits per heavy atom. The number of sulfone groups is 1. The van der Waals surface area contributed by atoms with Crippen LogP contribution in [0.5, 0.6) is 23.5 Å². The number of H-pyrrole nitrogens is 5. The molecule has 17 rings (SSSR count). The quantitative estimate of drug-likeness (QED) is 0.0717. The molecular weight excluding hydrogens is 1150 g/mol. The zero-order valence-corrected chi connectivity index (χ0v) is 47.0. The van der Waals surface area contributed by atoms with Gasteiger partial charge in [0, 0.05) is 43.6 Å². The van der Waals surface area contributed by atoms with Crippen molar-refractivity contribution in [1.82, 2.24) is 44.9 Å². The van der Waals surface area contributed by atoms with Crippen LogP contribution in [0.15, 0.2) is 224 Å². The average Bonchev–Trinajstić information content (AvgIpc) is 1.91. The molecule has 9 aromatic carbocycles. The van der Waals surface area contributed by atoms with Crippen LogP contribution in [0.4, 0.5) is 4.39 Å². The molecule has 8 aromatic heterocycles. The Bertz CT molecular complexity index is 5560. The number of aromatic amines is 5. The van der Waals surface area contributed by atoms with E-state index in [-0.39, 0.29) is 45.9 Å². The summed E-state index contributed by atoms with van der Waals surface area (Å²) in [4.78, 5) is 32.5. The minimum absolute atomic E-state index is 0.0216. The van der Waals surface area contributed by atoms with Gasteiger partial charge in [-0.05, 0) is 115 Å². The summed E-state index contributed by atoms with van der Waals surface area (Å²) in [6, 6.07) is 62.8. The van der Waals surface area contributed by atoms with Gasteiger partial charge >= 0.3 is 0 Å². The van der Waals surface area contributed by atoms with E-state index in [2.05, 4.69) is 50.9 Å². The molecule has 0 spiro atoms. The standard InChI is InChI=1S/C22H17N3O3S.C16H9N3O2.C15H9FN2O2.C15H10N2O2/c26-22-20(21-23-18-8-4-5-9-19(18)24-21)16-12-15(10-11-17(16)25-22)29(27,28)13-14-6-2-1-3-7-14;17-8-9-5-6-11-10(7-9)14(15(20)18-11)16-19-12-3-1-2-4-13(12)21-16;16-8-5-6-10-9(7-8)13(14(19)17-10)15-18-11-3-1-2-4-12(11)20-15;18-14-13(9-5-1-2-6-10(9)16-14)15-17-11-7-3-4-8-12(11)19-15/h1-12,25-26H,13H2,(H,23,24);1-7,18,20H;1-7,17,19H;1-8,16,18H. The average molecular weight is 1200 g/mol. The molecular formula is C68H45FN10O9S. The number of hydrogen-bond donors (Lipinski definition) is 9. The third-order valence-electron chi connectivity index (χ3n) is 14.8. The van der Waals surface area contributed by atoms with Gasteiger partial charge in [0.25, 0.3) is 0 Å². The first kappa shape index (κ1) is 54.5. The number of para-hydroxylation sites is 9. The van der Waals surface area contributed by atoms with Crippen LogP contribution < -0.4 is 0 Å².